The standard InChI is InChI=1S/C24H22O.C5H5.C2H7Si.Ti/c1-19-13-16-21(17-14-19)18-15-20(2)24(22-9-5-3-6-10-22)25-23-11-7-4-8-12-23;1-2-4-5-3-1;1-3-2;/h3-18H,1-2H3;1-3H,4H2;3H,1-2H3;/q;-1;;. The van der Waals surface area contributed by atoms with Gasteiger partial charge in [0, 0.05) is 36.8 Å². The fourth-order valence-corrected chi connectivity index (χ4v) is 2.88. The molecule has 1 aliphatic carbocycles. The van der Waals surface area contributed by atoms with Crippen LogP contribution < -0.4 is 4.74 Å². The molecule has 1 radical (unpaired) electrons. The van der Waals surface area contributed by atoms with Crippen LogP contribution in [0.1, 0.15) is 30.0 Å². The molecule has 0 aliphatic heterocycles. The predicted octanol–water partition coefficient (Wildman–Crippen LogP) is 8.34. The third-order valence-corrected chi connectivity index (χ3v) is 4.55. The average Bonchev–Trinajstić information content (AvgIpc) is 3.44. The van der Waals surface area contributed by atoms with Gasteiger partial charge in [0.2, 0.25) is 0 Å². The SMILES string of the molecule is CC(C=Cc1ccc(C)cc1)=C(Oc1ccccc1)c1ccccc1.C[SiH]C.[C-]1=CC=CC1.[Ti]. The van der Waals surface area contributed by atoms with Gasteiger partial charge in [-0.25, -0.2) is 12.2 Å². The van der Waals surface area contributed by atoms with E-state index in [0.717, 1.165) is 38.6 Å². The fraction of sp³-hybridized carbons (Fsp3) is 0.161. The van der Waals surface area contributed by atoms with Crippen molar-refractivity contribution in [2.45, 2.75) is 33.4 Å². The van der Waals surface area contributed by atoms with E-state index in [0.29, 0.717) is 0 Å². The number of hydrogen-bond acceptors (Lipinski definition) is 1. The number of allylic oxidation sites excluding steroid dienone is 6. The summed E-state index contributed by atoms with van der Waals surface area (Å²) in [5.41, 5.74) is 4.59. The number of hydrogen-bond donors (Lipinski definition) is 0. The molecule has 3 aromatic rings. The maximum Gasteiger partial charge on any atom is 0.137 e. The quantitative estimate of drug-likeness (QED) is 0.149. The smallest absolute Gasteiger partial charge is 0.137 e. The van der Waals surface area contributed by atoms with Crippen LogP contribution in [0.4, 0.5) is 0 Å². The van der Waals surface area contributed by atoms with Gasteiger partial charge in [-0.05, 0) is 37.1 Å². The van der Waals surface area contributed by atoms with Gasteiger partial charge in [0.1, 0.15) is 11.5 Å². The Morgan fingerprint density at radius 1 is 0.882 bits per heavy atom. The first-order valence-electron chi connectivity index (χ1n) is 11.3. The fourth-order valence-electron chi connectivity index (χ4n) is 2.88. The molecule has 4 rings (SSSR count). The van der Waals surface area contributed by atoms with Gasteiger partial charge in [-0.2, -0.15) is 6.08 Å². The summed E-state index contributed by atoms with van der Waals surface area (Å²) < 4.78 is 6.20. The number of benzene rings is 3. The Kier molecular flexibility index (Phi) is 15.4. The van der Waals surface area contributed by atoms with Crippen molar-refractivity contribution in [3.8, 4) is 5.75 Å². The Bertz CT molecular complexity index is 1040. The van der Waals surface area contributed by atoms with Gasteiger partial charge in [-0.3, -0.25) is 6.08 Å². The second-order valence-corrected chi connectivity index (χ2v) is 8.77. The van der Waals surface area contributed by atoms with Gasteiger partial charge in [-0.15, -0.1) is 6.42 Å². The largest absolute Gasteiger partial charge is 0.456 e. The van der Waals surface area contributed by atoms with Crippen molar-refractivity contribution in [1.29, 1.82) is 0 Å². The minimum Gasteiger partial charge on any atom is -0.456 e. The molecule has 173 valence electrons. The van der Waals surface area contributed by atoms with Crippen molar-refractivity contribution in [2.24, 2.45) is 0 Å². The van der Waals surface area contributed by atoms with Crippen LogP contribution in [0.15, 0.2) is 115 Å². The van der Waals surface area contributed by atoms with Crippen molar-refractivity contribution in [1.82, 2.24) is 0 Å². The van der Waals surface area contributed by atoms with E-state index >= 15 is 0 Å². The predicted molar refractivity (Wildman–Crippen MR) is 147 cm³/mol. The van der Waals surface area contributed by atoms with Crippen molar-refractivity contribution < 1.29 is 26.5 Å². The molecule has 0 aromatic heterocycles. The number of ether oxygens (including phenoxy) is 1. The molecule has 0 spiro atoms. The monoisotopic (exact) mass is 498 g/mol. The molecular formula is C31H34OSiTi-. The summed E-state index contributed by atoms with van der Waals surface area (Å²) in [6.45, 7) is 8.59. The minimum atomic E-state index is 0. The van der Waals surface area contributed by atoms with Crippen LogP contribution in [0.2, 0.25) is 13.1 Å². The summed E-state index contributed by atoms with van der Waals surface area (Å²) >= 11 is 0. The van der Waals surface area contributed by atoms with Crippen LogP contribution in [0.3, 0.4) is 0 Å². The van der Waals surface area contributed by atoms with Crippen LogP contribution >= 0.6 is 0 Å². The maximum atomic E-state index is 6.20. The van der Waals surface area contributed by atoms with E-state index in [4.69, 9.17) is 4.74 Å². The van der Waals surface area contributed by atoms with E-state index in [-0.39, 0.29) is 21.7 Å². The Balaban J connectivity index is 0.000000550. The molecular weight excluding hydrogens is 464 g/mol. The summed E-state index contributed by atoms with van der Waals surface area (Å²) in [6, 6.07) is 28.6. The van der Waals surface area contributed by atoms with E-state index in [2.05, 4.69) is 87.6 Å². The molecule has 1 nitrogen and oxygen atoms in total. The molecule has 0 saturated heterocycles. The molecule has 34 heavy (non-hydrogen) atoms. The zero-order valence-electron chi connectivity index (χ0n) is 20.7. The summed E-state index contributed by atoms with van der Waals surface area (Å²) in [5, 5.41) is 0. The number of aryl methyl sites for hydroxylation is 1. The Morgan fingerprint density at radius 3 is 1.97 bits per heavy atom. The van der Waals surface area contributed by atoms with Crippen molar-refractivity contribution in [3.63, 3.8) is 0 Å². The van der Waals surface area contributed by atoms with Crippen LogP contribution in [0, 0.1) is 13.0 Å². The van der Waals surface area contributed by atoms with Crippen molar-refractivity contribution >= 4 is 21.4 Å². The first kappa shape index (κ1) is 29.4. The number of para-hydroxylation sites is 1. The minimum absolute atomic E-state index is 0. The third kappa shape index (κ3) is 11.5. The molecule has 0 unspecified atom stereocenters. The van der Waals surface area contributed by atoms with Gasteiger partial charge in [-0.1, -0.05) is 104 Å². The summed E-state index contributed by atoms with van der Waals surface area (Å²) in [7, 11) is 0.750. The molecule has 0 saturated carbocycles. The van der Waals surface area contributed by atoms with Gasteiger partial charge in [0.05, 0.1) is 0 Å². The van der Waals surface area contributed by atoms with Crippen LogP contribution in [-0.2, 0) is 21.7 Å². The average molecular weight is 499 g/mol. The molecule has 0 atom stereocenters. The Morgan fingerprint density at radius 2 is 1.47 bits per heavy atom. The summed E-state index contributed by atoms with van der Waals surface area (Å²) in [4.78, 5) is 0. The van der Waals surface area contributed by atoms with Crippen LogP contribution in [0.25, 0.3) is 11.8 Å². The summed E-state index contributed by atoms with van der Waals surface area (Å²) in [5.74, 6) is 1.71. The Labute approximate surface area is 223 Å². The normalized spacial score (nSPS) is 12.0. The molecule has 3 aromatic carbocycles. The number of rotatable bonds is 5. The van der Waals surface area contributed by atoms with Gasteiger partial charge in [0.25, 0.3) is 0 Å². The van der Waals surface area contributed by atoms with Crippen LogP contribution in [0.5, 0.6) is 5.75 Å². The first-order valence-corrected chi connectivity index (χ1v) is 13.6. The molecule has 1 aliphatic rings. The van der Waals surface area contributed by atoms with E-state index in [9.17, 15) is 0 Å². The van der Waals surface area contributed by atoms with Gasteiger partial charge in [0.15, 0.2) is 0 Å². The molecule has 0 heterocycles. The van der Waals surface area contributed by atoms with E-state index in [1.54, 1.807) is 0 Å². The maximum absolute atomic E-state index is 6.20. The molecule has 0 N–H and O–H groups in total. The Hall–Kier alpha value is -2.65. The second-order valence-electron chi connectivity index (χ2n) is 7.62. The summed E-state index contributed by atoms with van der Waals surface area (Å²) in [6.07, 6.45) is 14.2. The molecule has 3 heteroatoms. The molecule has 0 bridgehead atoms. The molecule has 0 fully saturated rings. The zero-order valence-corrected chi connectivity index (χ0v) is 23.4. The van der Waals surface area contributed by atoms with Crippen molar-refractivity contribution in [3.05, 3.63) is 138 Å². The van der Waals surface area contributed by atoms with Gasteiger partial charge < -0.3 is 4.74 Å². The molecule has 0 amide bonds. The second kappa shape index (κ2) is 17.8. The topological polar surface area (TPSA) is 9.23 Å². The van der Waals surface area contributed by atoms with E-state index < -0.39 is 0 Å². The van der Waals surface area contributed by atoms with E-state index in [1.807, 2.05) is 60.7 Å². The van der Waals surface area contributed by atoms with Crippen LogP contribution in [-0.4, -0.2) is 9.52 Å². The van der Waals surface area contributed by atoms with Crippen molar-refractivity contribution in [2.75, 3.05) is 0 Å². The van der Waals surface area contributed by atoms with E-state index in [1.165, 1.54) is 11.1 Å². The van der Waals surface area contributed by atoms with Gasteiger partial charge >= 0.3 is 0 Å². The first-order chi connectivity index (χ1) is 16.1. The zero-order chi connectivity index (χ0) is 23.7. The third-order valence-electron chi connectivity index (χ3n) is 4.55.